The molecule has 9 N–H and O–H groups in total. The molecule has 40 nitrogen and oxygen atoms in total. The van der Waals surface area contributed by atoms with E-state index in [-0.39, 0.29) is 150 Å². The van der Waals surface area contributed by atoms with Gasteiger partial charge in [0.05, 0.1) is 5.56 Å². The van der Waals surface area contributed by atoms with Crippen LogP contribution in [0, 0.1) is 23.9 Å². The Labute approximate surface area is 895 Å². The lowest BCUT2D eigenvalue weighted by molar-refractivity contribution is -0.135. The zero-order chi connectivity index (χ0) is 109. The van der Waals surface area contributed by atoms with Crippen LogP contribution in [0.15, 0.2) is 121 Å². The molecule has 0 aromatic carbocycles. The Morgan fingerprint density at radius 1 is 0.284 bits per heavy atom. The molecule has 800 valence electrons. The van der Waals surface area contributed by atoms with Crippen LogP contribution in [0.3, 0.4) is 0 Å². The Balaban J connectivity index is 0.000000390. The van der Waals surface area contributed by atoms with E-state index in [0.717, 1.165) is 77.0 Å². The van der Waals surface area contributed by atoms with Crippen LogP contribution in [-0.4, -0.2) is 211 Å². The number of rotatable bonds is 34. The van der Waals surface area contributed by atoms with Gasteiger partial charge in [0, 0.05) is 107 Å². The molecule has 6 amide bonds. The van der Waals surface area contributed by atoms with Crippen molar-refractivity contribution in [2.24, 2.45) is 28.2 Å². The van der Waals surface area contributed by atoms with Gasteiger partial charge in [-0.1, -0.05) is 149 Å². The monoisotopic (exact) mass is 2190 g/mol. The Hall–Kier alpha value is -13.9. The summed E-state index contributed by atoms with van der Waals surface area (Å²) in [4.78, 5) is 204. The summed E-state index contributed by atoms with van der Waals surface area (Å²) < 4.78 is 14.8. The molecule has 0 spiro atoms. The van der Waals surface area contributed by atoms with E-state index in [1.165, 1.54) is 185 Å². The third kappa shape index (κ3) is 29.8. The minimum Gasteiger partial charge on any atom is -0.494 e. The predicted molar refractivity (Wildman–Crippen MR) is 603 cm³/mol. The van der Waals surface area contributed by atoms with E-state index in [4.69, 9.17) is 85.5 Å². The molecule has 7 aromatic rings. The first-order valence-corrected chi connectivity index (χ1v) is 50.3. The van der Waals surface area contributed by atoms with Gasteiger partial charge in [0.2, 0.25) is 29.4 Å². The molecule has 7 aromatic heterocycles. The predicted octanol–water partition coefficient (Wildman–Crippen LogP) is 9.18. The number of unbranched alkanes of at least 4 members (excludes halogenated alkanes) is 9. The van der Waals surface area contributed by atoms with Crippen LogP contribution in [-0.2, 0) is 96.2 Å². The first kappa shape index (κ1) is 126. The minimum atomic E-state index is -0.612. The molecule has 3 aliphatic rings. The minimum absolute atomic E-state index is 0. The second kappa shape index (κ2) is 59.2. The number of aromatic amines is 4. The van der Waals surface area contributed by atoms with Crippen LogP contribution < -0.4 is 71.4 Å². The number of hydrogen-bond donors (Lipinski definition) is 9. The maximum atomic E-state index is 13.4. The average Bonchev–Trinajstić information content (AvgIpc) is 0.761. The number of hydrogen-bond acceptors (Lipinski definition) is 28. The molecule has 0 unspecified atom stereocenters. The Morgan fingerprint density at radius 3 is 1.02 bits per heavy atom. The van der Waals surface area contributed by atoms with Crippen molar-refractivity contribution in [1.29, 1.82) is 0 Å². The average molecular weight is 2190 g/mol. The largest absolute Gasteiger partial charge is 0.494 e. The second-order valence-electron chi connectivity index (χ2n) is 32.5. The summed E-state index contributed by atoms with van der Waals surface area (Å²) in [5.41, 5.74) is -4.08. The molecular weight excluding hydrogens is 2060 g/mol. The lowest BCUT2D eigenvalue weighted by atomic mass is 10.1. The smallest absolute Gasteiger partial charge is 0.265 e. The number of nitrogens with zero attached hydrogens (tertiary/aromatic N) is 16. The van der Waals surface area contributed by atoms with Crippen LogP contribution >= 0.6 is 97.7 Å². The molecule has 0 radical (unpaired) electrons. The molecule has 148 heavy (non-hydrogen) atoms. The second-order valence-corrected chi connectivity index (χ2v) is 35.5. The Morgan fingerprint density at radius 2 is 0.622 bits per heavy atom. The third-order valence-corrected chi connectivity index (χ3v) is 26.7. The number of H-pyrrole nitrogens is 4. The molecule has 0 atom stereocenters. The quantitative estimate of drug-likeness (QED) is 0.00596. The molecule has 10 rings (SSSR count). The lowest BCUT2D eigenvalue weighted by Crippen LogP contribution is -2.56. The van der Waals surface area contributed by atoms with Crippen molar-refractivity contribution in [3.63, 3.8) is 0 Å². The van der Waals surface area contributed by atoms with Gasteiger partial charge in [-0.3, -0.25) is 152 Å². The molecule has 0 saturated carbocycles. The van der Waals surface area contributed by atoms with Gasteiger partial charge in [-0.15, -0.1) is 0 Å². The number of thiocarbonyl (C=S) groups is 3. The molecule has 48 heteroatoms. The number of carbonyl (C=O) groups is 6. The van der Waals surface area contributed by atoms with E-state index >= 15 is 0 Å². The normalized spacial score (nSPS) is 13.7. The molecule has 0 aliphatic carbocycles. The number of nitrogens with one attached hydrogen (secondary N) is 4. The van der Waals surface area contributed by atoms with Gasteiger partial charge in [-0.05, 0) is 233 Å². The Kier molecular flexibility index (Phi) is 50.5. The highest BCUT2D eigenvalue weighted by atomic mass is 32.1. The Bertz CT molecular complexity index is 7610. The van der Waals surface area contributed by atoms with Crippen LogP contribution in [0.25, 0.3) is 55.7 Å². The van der Waals surface area contributed by atoms with Gasteiger partial charge in [0.1, 0.15) is 60.4 Å². The zero-order valence-corrected chi connectivity index (χ0v) is 90.8. The van der Waals surface area contributed by atoms with Crippen molar-refractivity contribution < 1.29 is 54.3 Å². The molecule has 0 bridgehead atoms. The van der Waals surface area contributed by atoms with E-state index in [1.807, 2.05) is 6.92 Å². The SMILES string of the molecule is C.C.C=c1[nH]c(=O)c(=C/C=C/c2c(O)[nH]c(=S)[nH]c2=O)c(=O)[nH]1.C=c1n(C)c(=O)c(=C/C=C/c2c(O)n(C)c(=S)n(C)c2=O)c(=O)n1C.CCCCCCN1C(=O)/C(=C\C=C\c2c(O)n(CCCCCC)c(=S)n(CCCCCC)c2=O)C(=O)N(C)C1=S.CCN1C(=O)C(=C/C=C/C=C/c2c(O)n(CC)c(=S)n(CC)c2=O)C(=O)N(CC)C1=S.CCN1C(=O)C(=C/C=C/c2c(O)n(CC)c(=S)n(CC)c2=O)C(=O)N(CC)C1=S. The van der Waals surface area contributed by atoms with Crippen molar-refractivity contribution in [3.8, 4) is 29.4 Å². The summed E-state index contributed by atoms with van der Waals surface area (Å²) in [5.74, 6) is -4.16. The topological polar surface area (TPSA) is 489 Å². The van der Waals surface area contributed by atoms with Gasteiger partial charge in [-0.25, -0.2) is 0 Å². The number of carbonyl (C=O) groups excluding carboxylic acids is 6. The van der Waals surface area contributed by atoms with Gasteiger partial charge in [0.15, 0.2) is 39.2 Å². The summed E-state index contributed by atoms with van der Waals surface area (Å²) in [6.07, 6.45) is 35.6. The number of aromatic nitrogens is 14. The summed E-state index contributed by atoms with van der Waals surface area (Å²) in [7, 11) is 7.59. The van der Waals surface area contributed by atoms with Crippen molar-refractivity contribution in [1.82, 2.24) is 95.0 Å². The zero-order valence-electron chi connectivity index (χ0n) is 84.3. The van der Waals surface area contributed by atoms with E-state index in [9.17, 15) is 97.5 Å². The lowest BCUT2D eigenvalue weighted by Gasteiger charge is -2.35. The first-order chi connectivity index (χ1) is 69.2. The molecule has 3 aliphatic heterocycles. The first-order valence-electron chi connectivity index (χ1n) is 47.1. The van der Waals surface area contributed by atoms with E-state index in [0.29, 0.717) is 76.8 Å². The molecule has 10 heterocycles. The van der Waals surface area contributed by atoms with Gasteiger partial charge < -0.3 is 40.5 Å². The fraction of sp³-hybridized carbons (Fsp3) is 0.410. The fourth-order valence-electron chi connectivity index (χ4n) is 14.8. The fourth-order valence-corrected chi connectivity index (χ4v) is 17.5. The highest BCUT2D eigenvalue weighted by Gasteiger charge is 2.40. The summed E-state index contributed by atoms with van der Waals surface area (Å²) in [6.45, 7) is 32.1. The van der Waals surface area contributed by atoms with Crippen molar-refractivity contribution >= 4 is 204 Å². The van der Waals surface area contributed by atoms with Crippen molar-refractivity contribution in [2.45, 2.75) is 207 Å². The number of likely N-dealkylation sites (N-methyl/N-ethyl adjacent to an activating group) is 5. The highest BCUT2D eigenvalue weighted by Crippen LogP contribution is 2.26. The molecule has 3 fully saturated rings. The molecule has 3 saturated heterocycles. The van der Waals surface area contributed by atoms with Crippen LogP contribution in [0.1, 0.15) is 196 Å². The van der Waals surface area contributed by atoms with E-state index in [1.54, 1.807) is 76.8 Å². The maximum Gasteiger partial charge on any atom is 0.265 e. The van der Waals surface area contributed by atoms with E-state index in [2.05, 4.69) is 66.1 Å². The summed E-state index contributed by atoms with van der Waals surface area (Å²) in [6, 6.07) is 0. The van der Waals surface area contributed by atoms with Crippen molar-refractivity contribution in [2.75, 3.05) is 39.8 Å². The van der Waals surface area contributed by atoms with Crippen molar-refractivity contribution in [3.05, 3.63) is 244 Å². The van der Waals surface area contributed by atoms with Crippen LogP contribution in [0.2, 0.25) is 0 Å². The van der Waals surface area contributed by atoms with Crippen LogP contribution in [0.4, 0.5) is 0 Å². The standard InChI is InChI=1S/C30H46N4O4S2.C21H26N4O4S2.C19H24N4O4S2.C16H18N4O4S.C12H10N4O4S.2CH4/c1-5-8-11-14-20-32-26(36)23(25(35)31(4)29(32)39)18-17-19-24-27(37)33(21-15-12-9-6-2)30(40)34(28(24)38)22-16-13-10-7-3;1-5-22-16(26)14(17(27)23(6-2)20(22)30)12-10-9-11-13-15-18(28)24(7-3)21(31)25(8-4)19(15)29;1-5-20-14(24)12(15(25)21(6-2)18(20)28)10-9-11-13-16(26)22(7-3)19(29)23(8-4)17(13)27;1-9-17(2)12(21)10(13(22)18(9)3)7-6-8-11-14(23)19(4)16(25)20(5)15(11)24;1-5-13-8(17)6(9(18)14-5)3-2-4-7-10(19)15-12(21)16-11(7)20;;/h17-19,37H,5-16,20-22H2,1-4H3;9-13,26H,5-8H2,1-4H3;9-11,24H,5-8H2,1-4H3;6-8,23H,1H2,2-5H3;2-4H,1H2,(H,13,17)(H,14,18)(H3,15,16,19,20,21);2*1H4/b19-17+,23-18-;11-9+,12-10+;10-9+;8-6+;4-2+;;. The third-order valence-electron chi connectivity index (χ3n) is 23.2. The van der Waals surface area contributed by atoms with Gasteiger partial charge in [0.25, 0.3) is 85.5 Å². The van der Waals surface area contributed by atoms with Crippen LogP contribution in [0.5, 0.6) is 29.4 Å². The number of allylic oxidation sites excluding steroid dienone is 10. The summed E-state index contributed by atoms with van der Waals surface area (Å²) in [5, 5.41) is 52.0. The number of amides is 6. The number of aromatic hydroxyl groups is 5. The van der Waals surface area contributed by atoms with Gasteiger partial charge >= 0.3 is 0 Å². The molecular formula is C100H132N20O20S8. The van der Waals surface area contributed by atoms with Gasteiger partial charge in [-0.2, -0.15) is 0 Å². The van der Waals surface area contributed by atoms with E-state index < -0.39 is 80.2 Å². The summed E-state index contributed by atoms with van der Waals surface area (Å²) >= 11 is 41.7. The highest BCUT2D eigenvalue weighted by molar-refractivity contribution is 7.80. The maximum absolute atomic E-state index is 13.4.